The Labute approximate surface area is 162 Å². The number of carbonyl (C=O) groups excluding carboxylic acids is 2. The first-order chi connectivity index (χ1) is 13.2. The van der Waals surface area contributed by atoms with Crippen molar-refractivity contribution in [2.75, 3.05) is 19.6 Å². The van der Waals surface area contributed by atoms with Crippen molar-refractivity contribution < 1.29 is 22.8 Å². The summed E-state index contributed by atoms with van der Waals surface area (Å²) in [5, 5.41) is 5.77. The summed E-state index contributed by atoms with van der Waals surface area (Å²) < 4.78 is 39.1. The molecule has 3 rings (SSSR count). The number of amides is 3. The molecule has 154 valence electrons. The van der Waals surface area contributed by atoms with Gasteiger partial charge in [-0.25, -0.2) is 4.79 Å². The van der Waals surface area contributed by atoms with Crippen molar-refractivity contribution in [3.05, 3.63) is 35.4 Å². The van der Waals surface area contributed by atoms with E-state index in [2.05, 4.69) is 10.6 Å². The summed E-state index contributed by atoms with van der Waals surface area (Å²) in [6.07, 6.45) is -0.530. The zero-order valence-corrected chi connectivity index (χ0v) is 15.9. The zero-order chi connectivity index (χ0) is 20.4. The van der Waals surface area contributed by atoms with Crippen LogP contribution in [0.4, 0.5) is 18.0 Å². The molecule has 8 heteroatoms. The van der Waals surface area contributed by atoms with E-state index in [0.29, 0.717) is 38.0 Å². The molecule has 1 aromatic carbocycles. The molecule has 0 spiro atoms. The molecule has 28 heavy (non-hydrogen) atoms. The highest BCUT2D eigenvalue weighted by atomic mass is 19.4. The molecule has 0 bridgehead atoms. The molecule has 0 radical (unpaired) electrons. The summed E-state index contributed by atoms with van der Waals surface area (Å²) in [5.41, 5.74) is -0.460. The second kappa shape index (κ2) is 8.01. The van der Waals surface area contributed by atoms with Crippen LogP contribution in [-0.2, 0) is 16.4 Å². The summed E-state index contributed by atoms with van der Waals surface area (Å²) in [6, 6.07) is 5.12. The van der Waals surface area contributed by atoms with Gasteiger partial charge in [-0.05, 0) is 37.3 Å². The van der Waals surface area contributed by atoms with Gasteiger partial charge in [0.15, 0.2) is 0 Å². The number of carbonyl (C=O) groups is 2. The van der Waals surface area contributed by atoms with Crippen LogP contribution in [0.2, 0.25) is 0 Å². The third-order valence-electron chi connectivity index (χ3n) is 5.98. The van der Waals surface area contributed by atoms with E-state index in [1.54, 1.807) is 11.0 Å². The van der Waals surface area contributed by atoms with Gasteiger partial charge in [0, 0.05) is 38.0 Å². The number of hydrogen-bond donors (Lipinski definition) is 2. The molecule has 5 nitrogen and oxygen atoms in total. The van der Waals surface area contributed by atoms with Crippen LogP contribution < -0.4 is 10.6 Å². The van der Waals surface area contributed by atoms with Crippen molar-refractivity contribution in [3.63, 3.8) is 0 Å². The first-order valence-corrected chi connectivity index (χ1v) is 9.67. The Bertz CT molecular complexity index is 724. The second-order valence-corrected chi connectivity index (χ2v) is 7.82. The van der Waals surface area contributed by atoms with Gasteiger partial charge in [-0.2, -0.15) is 13.2 Å². The van der Waals surface area contributed by atoms with Gasteiger partial charge in [-0.3, -0.25) is 4.79 Å². The summed E-state index contributed by atoms with van der Waals surface area (Å²) in [7, 11) is 0. The Morgan fingerprint density at radius 3 is 2.43 bits per heavy atom. The Morgan fingerprint density at radius 1 is 1.21 bits per heavy atom. The smallest absolute Gasteiger partial charge is 0.343 e. The van der Waals surface area contributed by atoms with Gasteiger partial charge in [0.2, 0.25) is 5.91 Å². The Hall–Kier alpha value is -2.25. The lowest BCUT2D eigenvalue weighted by molar-refractivity contribution is -0.137. The molecule has 0 atom stereocenters. The minimum absolute atomic E-state index is 0.00139. The fourth-order valence-corrected chi connectivity index (χ4v) is 4.02. The van der Waals surface area contributed by atoms with Crippen LogP contribution in [0.15, 0.2) is 24.3 Å². The Balaban J connectivity index is 1.55. The molecule has 1 aliphatic carbocycles. The van der Waals surface area contributed by atoms with E-state index in [-0.39, 0.29) is 18.0 Å². The van der Waals surface area contributed by atoms with Crippen LogP contribution in [0.5, 0.6) is 0 Å². The van der Waals surface area contributed by atoms with Gasteiger partial charge < -0.3 is 15.5 Å². The average molecular weight is 397 g/mol. The largest absolute Gasteiger partial charge is 0.416 e. The van der Waals surface area contributed by atoms with Crippen molar-refractivity contribution in [3.8, 4) is 0 Å². The molecule has 2 aliphatic rings. The van der Waals surface area contributed by atoms with Crippen molar-refractivity contribution in [1.82, 2.24) is 15.5 Å². The SMILES string of the molecule is CC(=O)N1CCC(NC(=O)NCC2(c3cccc(C(F)(F)F)c3)CCC2)CC1. The summed E-state index contributed by atoms with van der Waals surface area (Å²) in [6.45, 7) is 3.08. The number of piperidine rings is 1. The average Bonchev–Trinajstić information content (AvgIpc) is 2.61. The second-order valence-electron chi connectivity index (χ2n) is 7.82. The quantitative estimate of drug-likeness (QED) is 0.818. The fraction of sp³-hybridized carbons (Fsp3) is 0.600. The maximum absolute atomic E-state index is 13.0. The number of halogens is 3. The minimum Gasteiger partial charge on any atom is -0.343 e. The van der Waals surface area contributed by atoms with E-state index in [9.17, 15) is 22.8 Å². The lowest BCUT2D eigenvalue weighted by Crippen LogP contribution is -2.52. The van der Waals surface area contributed by atoms with E-state index in [1.165, 1.54) is 19.1 Å². The maximum Gasteiger partial charge on any atom is 0.416 e. The topological polar surface area (TPSA) is 61.4 Å². The molecule has 1 aliphatic heterocycles. The van der Waals surface area contributed by atoms with Gasteiger partial charge in [-0.15, -0.1) is 0 Å². The number of benzene rings is 1. The van der Waals surface area contributed by atoms with E-state index in [4.69, 9.17) is 0 Å². The molecule has 1 heterocycles. The zero-order valence-electron chi connectivity index (χ0n) is 15.9. The molecule has 2 N–H and O–H groups in total. The minimum atomic E-state index is -4.37. The molecular weight excluding hydrogens is 371 g/mol. The normalized spacial score (nSPS) is 19.6. The number of rotatable bonds is 4. The number of likely N-dealkylation sites (tertiary alicyclic amines) is 1. The van der Waals surface area contributed by atoms with Crippen molar-refractivity contribution in [2.24, 2.45) is 0 Å². The Morgan fingerprint density at radius 2 is 1.89 bits per heavy atom. The number of urea groups is 1. The highest BCUT2D eigenvalue weighted by Gasteiger charge is 2.40. The summed E-state index contributed by atoms with van der Waals surface area (Å²) >= 11 is 0. The molecule has 1 aromatic rings. The van der Waals surface area contributed by atoms with E-state index in [1.807, 2.05) is 0 Å². The van der Waals surface area contributed by atoms with Crippen LogP contribution in [0.25, 0.3) is 0 Å². The molecule has 1 saturated carbocycles. The monoisotopic (exact) mass is 397 g/mol. The van der Waals surface area contributed by atoms with Crippen LogP contribution in [0.3, 0.4) is 0 Å². The van der Waals surface area contributed by atoms with Crippen molar-refractivity contribution in [1.29, 1.82) is 0 Å². The van der Waals surface area contributed by atoms with E-state index in [0.717, 1.165) is 25.3 Å². The standard InChI is InChI=1S/C20H26F3N3O2/c1-14(27)26-10-6-17(7-11-26)25-18(28)24-13-19(8-3-9-19)15-4-2-5-16(12-15)20(21,22)23/h2,4-5,12,17H,3,6-11,13H2,1H3,(H2,24,25,28). The molecule has 3 amide bonds. The van der Waals surface area contributed by atoms with E-state index < -0.39 is 17.2 Å². The third kappa shape index (κ3) is 4.59. The van der Waals surface area contributed by atoms with Gasteiger partial charge in [0.25, 0.3) is 0 Å². The summed E-state index contributed by atoms with van der Waals surface area (Å²) in [4.78, 5) is 25.4. The summed E-state index contributed by atoms with van der Waals surface area (Å²) in [5.74, 6) is 0.0379. The van der Waals surface area contributed by atoms with Crippen molar-refractivity contribution >= 4 is 11.9 Å². The molecule has 0 unspecified atom stereocenters. The highest BCUT2D eigenvalue weighted by Crippen LogP contribution is 2.44. The number of nitrogens with zero attached hydrogens (tertiary/aromatic N) is 1. The number of nitrogens with one attached hydrogen (secondary N) is 2. The first kappa shape index (κ1) is 20.5. The van der Waals surface area contributed by atoms with Gasteiger partial charge in [0.05, 0.1) is 5.56 Å². The molecular formula is C20H26F3N3O2. The predicted octanol–water partition coefficient (Wildman–Crippen LogP) is 3.44. The molecule has 2 fully saturated rings. The number of alkyl halides is 3. The van der Waals surface area contributed by atoms with E-state index >= 15 is 0 Å². The predicted molar refractivity (Wildman–Crippen MR) is 98.8 cm³/mol. The first-order valence-electron chi connectivity index (χ1n) is 9.67. The highest BCUT2D eigenvalue weighted by molar-refractivity contribution is 5.75. The Kier molecular flexibility index (Phi) is 5.86. The van der Waals surface area contributed by atoms with Crippen molar-refractivity contribution in [2.45, 2.75) is 56.7 Å². The fourth-order valence-electron chi connectivity index (χ4n) is 4.02. The van der Waals surface area contributed by atoms with Crippen LogP contribution >= 0.6 is 0 Å². The van der Waals surface area contributed by atoms with Gasteiger partial charge in [-0.1, -0.05) is 24.6 Å². The van der Waals surface area contributed by atoms with Gasteiger partial charge >= 0.3 is 12.2 Å². The molecule has 1 saturated heterocycles. The van der Waals surface area contributed by atoms with Crippen LogP contribution in [-0.4, -0.2) is 42.5 Å². The lowest BCUT2D eigenvalue weighted by atomic mass is 9.64. The van der Waals surface area contributed by atoms with Crippen LogP contribution in [0, 0.1) is 0 Å². The lowest BCUT2D eigenvalue weighted by Gasteiger charge is -2.43. The molecule has 0 aromatic heterocycles. The number of hydrogen-bond acceptors (Lipinski definition) is 2. The maximum atomic E-state index is 13.0. The van der Waals surface area contributed by atoms with Crippen LogP contribution in [0.1, 0.15) is 50.2 Å². The third-order valence-corrected chi connectivity index (χ3v) is 5.98. The van der Waals surface area contributed by atoms with Gasteiger partial charge in [0.1, 0.15) is 0 Å².